The van der Waals surface area contributed by atoms with Crippen molar-refractivity contribution in [1.82, 2.24) is 39.2 Å². The third-order valence-electron chi connectivity index (χ3n) is 27.5. The van der Waals surface area contributed by atoms with Crippen LogP contribution in [-0.4, -0.2) is 157 Å². The van der Waals surface area contributed by atoms with E-state index in [1.54, 1.807) is 22.3 Å². The van der Waals surface area contributed by atoms with Gasteiger partial charge in [-0.3, -0.25) is 39.2 Å². The summed E-state index contributed by atoms with van der Waals surface area (Å²) < 4.78 is 0. The van der Waals surface area contributed by atoms with Crippen LogP contribution in [0.15, 0.2) is 30.3 Å². The van der Waals surface area contributed by atoms with E-state index in [1.165, 1.54) is 102 Å². The molecule has 5 aliphatic heterocycles. The van der Waals surface area contributed by atoms with Crippen LogP contribution < -0.4 is 0 Å². The van der Waals surface area contributed by atoms with Gasteiger partial charge in [0.25, 0.3) is 0 Å². The molecule has 8 heteroatoms. The molecule has 4 fully saturated rings. The summed E-state index contributed by atoms with van der Waals surface area (Å²) in [7, 11) is 6.69. The monoisotopic (exact) mass is 1850 g/mol. The molecule has 132 heavy (non-hydrogen) atoms. The Balaban J connectivity index is -0.000000276. The lowest BCUT2D eigenvalue weighted by Gasteiger charge is -2.37. The zero-order chi connectivity index (χ0) is 107. The van der Waals surface area contributed by atoms with Crippen LogP contribution in [0.1, 0.15) is 529 Å². The molecule has 2 unspecified atom stereocenters. The molecule has 0 N–H and O–H groups in total. The molecule has 788 valence electrons. The van der Waals surface area contributed by atoms with Gasteiger partial charge in [-0.15, -0.1) is 0 Å². The Morgan fingerprint density at radius 2 is 0.409 bits per heavy atom. The highest BCUT2D eigenvalue weighted by Gasteiger charge is 2.41. The summed E-state index contributed by atoms with van der Waals surface area (Å²) in [5, 5.41) is 0. The first-order valence-corrected chi connectivity index (χ1v) is 54.6. The molecule has 8 rings (SSSR count). The van der Waals surface area contributed by atoms with Crippen molar-refractivity contribution in [2.45, 2.75) is 580 Å². The van der Waals surface area contributed by atoms with E-state index < -0.39 is 0 Å². The van der Waals surface area contributed by atoms with Crippen LogP contribution in [0.5, 0.6) is 0 Å². The highest BCUT2D eigenvalue weighted by atomic mass is 15.2. The molecule has 4 saturated heterocycles. The summed E-state index contributed by atoms with van der Waals surface area (Å²) in [6, 6.07) is 12.1. The van der Waals surface area contributed by atoms with E-state index in [0.717, 1.165) is 80.1 Å². The van der Waals surface area contributed by atoms with E-state index in [-0.39, 0.29) is 54.6 Å². The average Bonchev–Trinajstić information content (AvgIpc) is 1.52. The van der Waals surface area contributed by atoms with Gasteiger partial charge in [-0.25, -0.2) is 0 Å². The second-order valence-electron chi connectivity index (χ2n) is 52.7. The molecule has 0 aliphatic carbocycles. The normalized spacial score (nSPS) is 20.1. The van der Waals surface area contributed by atoms with Gasteiger partial charge in [-0.05, 0) is 353 Å². The average molecular weight is 1860 g/mol. The van der Waals surface area contributed by atoms with Crippen LogP contribution in [0.4, 0.5) is 0 Å². The van der Waals surface area contributed by atoms with E-state index in [4.69, 9.17) is 0 Å². The van der Waals surface area contributed by atoms with Crippen LogP contribution in [0, 0.1) is 61.2 Å². The van der Waals surface area contributed by atoms with E-state index in [2.05, 4.69) is 451 Å². The standard InChI is InChI=1S/C26H48N2.C22H37N.C20H35N.4C10H21N.8C2H6/c1-23(2,3)21-15-19(17-27(13)25(7,8)9)20(16-22(21)24(4,5)6)18-28(14)26(10,11)12;1-14-16-12-23(22(9,10)11)13-17(16)15(2)19(21(6,7)8)18(14)20(3,4)5;1-18(2,3)16-12-11-15(13-17(16)19(4,5)6)14-21(10)20(7,8)9;4*1-8-6-11(7-9(8)2)10(3,4)5;8*1-2/h15-16H,17-18H2,1-14H3;12-13H2,1-11H3;11-13H,14H2,1-10H3;4*8-9H,6-7H2,1-5H3;8*1-2H3/t;;;8-,9+;2*8-,9-;;;;;;;;;/m....10........./s1. The minimum atomic E-state index is 0.131. The van der Waals surface area contributed by atoms with Gasteiger partial charge in [-0.2, -0.15) is 0 Å². The first kappa shape index (κ1) is 142. The van der Waals surface area contributed by atoms with Crippen molar-refractivity contribution in [2.24, 2.45) is 47.3 Å². The zero-order valence-corrected chi connectivity index (χ0v) is 105. The SMILES string of the molecule is CC.CC.CC.CC.CC.CC.CC.CC.CC1CN(C(C)(C)C)CC1C.CN(Cc1cc(C(C)(C)C)c(C(C)(C)C)cc1CN(C)C(C)(C)C)C(C)(C)C.CN(Cc1ccc(C(C)(C)C)c(C(C)(C)C)c1)C(C)(C)C.C[C@@H]1CN(C(C)(C)C)C[C@@H]1C.C[C@@H]1CN(C(C)(C)C)C[C@H]1C.C[C@H]1CN(C(C)(C)C)C[C@@H]1C.Cc1c2c(c(C)c(C(C)(C)C)c1C(C)(C)C)CN(C(C)(C)C)C2. The molecule has 0 bridgehead atoms. The summed E-state index contributed by atoms with van der Waals surface area (Å²) in [5.74, 6) is 7.07. The molecule has 8 nitrogen and oxygen atoms in total. The number of fused-ring (bicyclic) bond motifs is 1. The van der Waals surface area contributed by atoms with Crippen LogP contribution in [0.3, 0.4) is 0 Å². The fraction of sp³-hybridized carbons (Fsp3) is 0.855. The summed E-state index contributed by atoms with van der Waals surface area (Å²) in [6.45, 7) is 168. The predicted octanol–water partition coefficient (Wildman–Crippen LogP) is 36.0. The molecule has 5 aliphatic rings. The molecule has 0 spiro atoms. The molecule has 3 aromatic rings. The highest BCUT2D eigenvalue weighted by molar-refractivity contribution is 5.57. The van der Waals surface area contributed by atoms with Crippen molar-refractivity contribution in [1.29, 1.82) is 0 Å². The molecule has 5 heterocycles. The van der Waals surface area contributed by atoms with Gasteiger partial charge in [0.1, 0.15) is 0 Å². The lowest BCUT2D eigenvalue weighted by atomic mass is 9.69. The van der Waals surface area contributed by atoms with E-state index in [9.17, 15) is 0 Å². The Kier molecular flexibility index (Phi) is 64.6. The maximum absolute atomic E-state index is 2.62. The van der Waals surface area contributed by atoms with Crippen LogP contribution in [0.25, 0.3) is 0 Å². The lowest BCUT2D eigenvalue weighted by molar-refractivity contribution is 0.136. The quantitative estimate of drug-likeness (QED) is 0.241. The van der Waals surface area contributed by atoms with Crippen LogP contribution in [0.2, 0.25) is 0 Å². The zero-order valence-electron chi connectivity index (χ0n) is 105. The first-order chi connectivity index (χ1) is 59.3. The lowest BCUT2D eigenvalue weighted by Crippen LogP contribution is -2.39. The van der Waals surface area contributed by atoms with Gasteiger partial charge >= 0.3 is 0 Å². The predicted molar refractivity (Wildman–Crippen MR) is 613 cm³/mol. The Hall–Kier alpha value is -2.66. The van der Waals surface area contributed by atoms with Crippen molar-refractivity contribution in [2.75, 3.05) is 73.5 Å². The second kappa shape index (κ2) is 59.9. The molecule has 0 aromatic heterocycles. The van der Waals surface area contributed by atoms with Crippen molar-refractivity contribution in [3.05, 3.63) is 103 Å². The fourth-order valence-corrected chi connectivity index (χ4v) is 16.7. The smallest absolute Gasteiger partial charge is 0.0248 e. The molecule has 8 atom stereocenters. The Morgan fingerprint density at radius 1 is 0.235 bits per heavy atom. The maximum Gasteiger partial charge on any atom is 0.0248 e. The molecular weight excluding hydrogens is 1600 g/mol. The van der Waals surface area contributed by atoms with Gasteiger partial charge in [0.05, 0.1) is 0 Å². The summed E-state index contributed by atoms with van der Waals surface area (Å²) in [5.41, 5.74) is 22.9. The Bertz CT molecular complexity index is 3200. The summed E-state index contributed by atoms with van der Waals surface area (Å²) >= 11 is 0. The number of rotatable bonds is 6. The molecule has 0 amide bonds. The van der Waals surface area contributed by atoms with Crippen molar-refractivity contribution < 1.29 is 0 Å². The minimum absolute atomic E-state index is 0.131. The number of hydrogen-bond donors (Lipinski definition) is 0. The topological polar surface area (TPSA) is 25.9 Å². The van der Waals surface area contributed by atoms with Gasteiger partial charge in [0.15, 0.2) is 0 Å². The van der Waals surface area contributed by atoms with Crippen molar-refractivity contribution >= 4 is 0 Å². The van der Waals surface area contributed by atoms with Crippen molar-refractivity contribution in [3.8, 4) is 0 Å². The largest absolute Gasteiger partial charge is 0.298 e. The number of nitrogens with zero attached hydrogens (tertiary/aromatic N) is 8. The number of hydrogen-bond acceptors (Lipinski definition) is 8. The molecular formula is C124H252N8. The highest BCUT2D eigenvalue weighted by Crippen LogP contribution is 2.46. The molecule has 0 radical (unpaired) electrons. The van der Waals surface area contributed by atoms with Crippen LogP contribution >= 0.6 is 0 Å². The second-order valence-corrected chi connectivity index (χ2v) is 52.7. The molecule has 3 aromatic carbocycles. The number of benzene rings is 3. The van der Waals surface area contributed by atoms with Gasteiger partial charge in [0, 0.05) is 129 Å². The Morgan fingerprint density at radius 3 is 0.561 bits per heavy atom. The summed E-state index contributed by atoms with van der Waals surface area (Å²) in [4.78, 5) is 20.3. The molecule has 0 saturated carbocycles. The maximum atomic E-state index is 2.62. The Labute approximate surface area is 837 Å². The van der Waals surface area contributed by atoms with Gasteiger partial charge in [-0.1, -0.05) is 321 Å². The van der Waals surface area contributed by atoms with E-state index in [1.807, 2.05) is 111 Å². The fourth-order valence-electron chi connectivity index (χ4n) is 16.7. The summed E-state index contributed by atoms with van der Waals surface area (Å²) in [6.07, 6.45) is 0. The third-order valence-corrected chi connectivity index (χ3v) is 27.5. The third kappa shape index (κ3) is 49.6. The first-order valence-electron chi connectivity index (χ1n) is 54.6. The van der Waals surface area contributed by atoms with Gasteiger partial charge < -0.3 is 0 Å². The van der Waals surface area contributed by atoms with Gasteiger partial charge in [0.2, 0.25) is 0 Å². The minimum Gasteiger partial charge on any atom is -0.298 e. The van der Waals surface area contributed by atoms with E-state index in [0.29, 0.717) is 22.2 Å². The van der Waals surface area contributed by atoms with Crippen LogP contribution in [-0.2, 0) is 65.2 Å². The van der Waals surface area contributed by atoms with E-state index >= 15 is 0 Å². The number of likely N-dealkylation sites (tertiary alicyclic amines) is 4. The van der Waals surface area contributed by atoms with Crippen molar-refractivity contribution in [3.63, 3.8) is 0 Å².